The van der Waals surface area contributed by atoms with E-state index in [-0.39, 0.29) is 11.8 Å². The molecule has 0 atom stereocenters. The van der Waals surface area contributed by atoms with Gasteiger partial charge in [-0.15, -0.1) is 11.6 Å². The van der Waals surface area contributed by atoms with Gasteiger partial charge >= 0.3 is 0 Å². The minimum absolute atomic E-state index is 0.0147. The van der Waals surface area contributed by atoms with Gasteiger partial charge in [0, 0.05) is 16.4 Å². The molecule has 0 heterocycles. The van der Waals surface area contributed by atoms with Crippen LogP contribution in [0.1, 0.15) is 0 Å². The summed E-state index contributed by atoms with van der Waals surface area (Å²) in [6.45, 7) is 0. The molecule has 0 aliphatic rings. The lowest BCUT2D eigenvalue weighted by Gasteiger charge is -2.06. The van der Waals surface area contributed by atoms with Crippen LogP contribution in [-0.4, -0.2) is 11.8 Å². The lowest BCUT2D eigenvalue weighted by Crippen LogP contribution is -2.12. The lowest BCUT2D eigenvalue weighted by atomic mass is 10.3. The monoisotopic (exact) mass is 547 g/mol. The van der Waals surface area contributed by atoms with Crippen LogP contribution in [0.2, 0.25) is 0 Å². The fourth-order valence-corrected chi connectivity index (χ4v) is 2.97. The molecule has 0 aliphatic heterocycles. The average molecular weight is 547 g/mol. The predicted molar refractivity (Wildman–Crippen MR) is 83.9 cm³/mol. The number of halogens is 4. The van der Waals surface area contributed by atoms with Gasteiger partial charge in [0.05, 0.1) is 0 Å². The van der Waals surface area contributed by atoms with Crippen LogP contribution in [-0.2, 0) is 4.79 Å². The molecule has 0 bridgehead atoms. The van der Waals surface area contributed by atoms with Gasteiger partial charge in [-0.25, -0.2) is 0 Å². The number of alkyl halides is 1. The molecule has 1 rings (SSSR count). The number of hydrogen-bond donors (Lipinski definition) is 1. The van der Waals surface area contributed by atoms with Gasteiger partial charge in [-0.1, -0.05) is 0 Å². The molecule has 0 fully saturated rings. The Morgan fingerprint density at radius 3 is 2.21 bits per heavy atom. The third-order valence-electron chi connectivity index (χ3n) is 1.39. The van der Waals surface area contributed by atoms with Crippen molar-refractivity contribution in [1.29, 1.82) is 0 Å². The third kappa shape index (κ3) is 3.63. The molecule has 0 saturated heterocycles. The van der Waals surface area contributed by atoms with Crippen LogP contribution in [0.25, 0.3) is 0 Å². The molecule has 0 aromatic heterocycles. The first kappa shape index (κ1) is 13.2. The van der Waals surface area contributed by atoms with E-state index in [9.17, 15) is 4.79 Å². The Bertz CT molecular complexity index is 347. The van der Waals surface area contributed by atoms with Crippen molar-refractivity contribution in [1.82, 2.24) is 0 Å². The quantitative estimate of drug-likeness (QED) is 0.342. The van der Waals surface area contributed by atoms with Crippen molar-refractivity contribution >= 4 is 91.0 Å². The van der Waals surface area contributed by atoms with Crippen LogP contribution in [0.3, 0.4) is 0 Å². The predicted octanol–water partition coefficient (Wildman–Crippen LogP) is 3.68. The second-order valence-electron chi connectivity index (χ2n) is 2.44. The summed E-state index contributed by atoms with van der Waals surface area (Å²) in [4.78, 5) is 11.0. The minimum Gasteiger partial charge on any atom is -0.325 e. The van der Waals surface area contributed by atoms with Gasteiger partial charge in [0.1, 0.15) is 5.88 Å². The van der Waals surface area contributed by atoms with Gasteiger partial charge in [0.25, 0.3) is 0 Å². The number of nitrogens with one attached hydrogen (secondary N) is 1. The van der Waals surface area contributed by atoms with Crippen LogP contribution in [0.15, 0.2) is 12.1 Å². The van der Waals surface area contributed by atoms with Crippen molar-refractivity contribution in [2.45, 2.75) is 0 Å². The number of amides is 1. The number of rotatable bonds is 2. The number of carbonyl (C=O) groups is 1. The van der Waals surface area contributed by atoms with E-state index in [0.717, 1.165) is 12.8 Å². The molecule has 1 amide bonds. The molecule has 0 aliphatic carbocycles. The molecule has 1 N–H and O–H groups in total. The molecular weight excluding hydrogens is 542 g/mol. The van der Waals surface area contributed by atoms with Gasteiger partial charge in [0.15, 0.2) is 0 Å². The summed E-state index contributed by atoms with van der Waals surface area (Å²) in [6.07, 6.45) is 0. The molecule has 0 saturated carbocycles. The van der Waals surface area contributed by atoms with Gasteiger partial charge in [-0.2, -0.15) is 0 Å². The van der Waals surface area contributed by atoms with Crippen LogP contribution >= 0.6 is 79.4 Å². The first-order chi connectivity index (χ1) is 6.54. The summed E-state index contributed by atoms with van der Waals surface area (Å²) >= 11 is 12.1. The molecule has 14 heavy (non-hydrogen) atoms. The highest BCUT2D eigenvalue weighted by Crippen LogP contribution is 2.25. The van der Waals surface area contributed by atoms with Crippen LogP contribution in [0.5, 0.6) is 0 Å². The smallest absolute Gasteiger partial charge is 0.239 e. The first-order valence-corrected chi connectivity index (χ1v) is 7.32. The minimum atomic E-state index is -0.181. The average Bonchev–Trinajstić information content (AvgIpc) is 2.14. The Morgan fingerprint density at radius 1 is 1.29 bits per heavy atom. The zero-order valence-electron chi connectivity index (χ0n) is 6.78. The number of benzene rings is 1. The topological polar surface area (TPSA) is 29.1 Å². The number of anilines is 1. The maximum absolute atomic E-state index is 11.0. The second kappa shape index (κ2) is 6.04. The zero-order valence-corrected chi connectivity index (χ0v) is 14.0. The van der Waals surface area contributed by atoms with E-state index < -0.39 is 0 Å². The largest absolute Gasteiger partial charge is 0.325 e. The number of hydrogen-bond acceptors (Lipinski definition) is 1. The van der Waals surface area contributed by atoms with Crippen LogP contribution in [0, 0.1) is 10.7 Å². The van der Waals surface area contributed by atoms with E-state index in [0.29, 0.717) is 0 Å². The van der Waals surface area contributed by atoms with E-state index in [1.807, 2.05) is 12.1 Å². The van der Waals surface area contributed by atoms with E-state index in [2.05, 4.69) is 73.1 Å². The van der Waals surface area contributed by atoms with Crippen molar-refractivity contribution < 1.29 is 4.79 Å². The Labute approximate surface area is 128 Å². The molecule has 76 valence electrons. The standard InChI is InChI=1S/C8H5ClI3NO/c9-3-7(14)13-4-1-5(10)8(12)6(11)2-4/h1-2H,3H2,(H,13,14). The molecule has 0 unspecified atom stereocenters. The van der Waals surface area contributed by atoms with Crippen molar-refractivity contribution in [2.24, 2.45) is 0 Å². The maximum atomic E-state index is 11.0. The summed E-state index contributed by atoms with van der Waals surface area (Å²) in [5, 5.41) is 2.72. The van der Waals surface area contributed by atoms with E-state index >= 15 is 0 Å². The summed E-state index contributed by atoms with van der Waals surface area (Å²) in [6, 6.07) is 3.85. The Balaban J connectivity index is 2.95. The zero-order chi connectivity index (χ0) is 10.7. The van der Waals surface area contributed by atoms with Crippen molar-refractivity contribution in [3.05, 3.63) is 22.8 Å². The van der Waals surface area contributed by atoms with Gasteiger partial charge in [-0.05, 0) is 79.9 Å². The molecule has 6 heteroatoms. The highest BCUT2D eigenvalue weighted by molar-refractivity contribution is 14.1. The number of carbonyl (C=O) groups excluding carboxylic acids is 1. The third-order valence-corrected chi connectivity index (χ3v) is 6.56. The SMILES string of the molecule is O=C(CCl)Nc1cc(I)c(I)c(I)c1. The molecule has 2 nitrogen and oxygen atoms in total. The highest BCUT2D eigenvalue weighted by atomic mass is 127. The van der Waals surface area contributed by atoms with Crippen molar-refractivity contribution in [3.8, 4) is 0 Å². The Hall–Kier alpha value is 1.17. The highest BCUT2D eigenvalue weighted by Gasteiger charge is 2.06. The Morgan fingerprint density at radius 2 is 1.79 bits per heavy atom. The fourth-order valence-electron chi connectivity index (χ4n) is 0.822. The van der Waals surface area contributed by atoms with Crippen molar-refractivity contribution in [2.75, 3.05) is 11.2 Å². The molecule has 1 aromatic rings. The molecule has 0 radical (unpaired) electrons. The van der Waals surface area contributed by atoms with Crippen molar-refractivity contribution in [3.63, 3.8) is 0 Å². The van der Waals surface area contributed by atoms with Gasteiger partial charge in [-0.3, -0.25) is 4.79 Å². The van der Waals surface area contributed by atoms with E-state index in [1.165, 1.54) is 3.57 Å². The second-order valence-corrected chi connectivity index (χ2v) is 6.11. The van der Waals surface area contributed by atoms with Crippen LogP contribution in [0.4, 0.5) is 5.69 Å². The maximum Gasteiger partial charge on any atom is 0.239 e. The molecule has 0 spiro atoms. The molecular formula is C8H5ClI3NO. The lowest BCUT2D eigenvalue weighted by molar-refractivity contribution is -0.113. The first-order valence-electron chi connectivity index (χ1n) is 3.55. The normalized spacial score (nSPS) is 10.0. The Kier molecular flexibility index (Phi) is 5.71. The summed E-state index contributed by atoms with van der Waals surface area (Å²) in [5.74, 6) is -0.196. The fraction of sp³-hybridized carbons (Fsp3) is 0.125. The summed E-state index contributed by atoms with van der Waals surface area (Å²) in [7, 11) is 0. The molecule has 1 aromatic carbocycles. The van der Waals surface area contributed by atoms with E-state index in [1.54, 1.807) is 0 Å². The van der Waals surface area contributed by atoms with E-state index in [4.69, 9.17) is 11.6 Å². The van der Waals surface area contributed by atoms with Gasteiger partial charge < -0.3 is 5.32 Å². The van der Waals surface area contributed by atoms with Gasteiger partial charge in [0.2, 0.25) is 5.91 Å². The summed E-state index contributed by atoms with van der Waals surface area (Å²) < 4.78 is 3.45. The van der Waals surface area contributed by atoms with Crippen LogP contribution < -0.4 is 5.32 Å². The summed E-state index contributed by atoms with van der Waals surface area (Å²) in [5.41, 5.74) is 0.796.